The minimum absolute atomic E-state index is 0.371. The summed E-state index contributed by atoms with van der Waals surface area (Å²) >= 11 is 0. The third kappa shape index (κ3) is 1.46. The molecule has 3 nitrogen and oxygen atoms in total. The summed E-state index contributed by atoms with van der Waals surface area (Å²) in [6, 6.07) is 0.562. The monoisotopic (exact) mass is 182 g/mol. The van der Waals surface area contributed by atoms with Crippen molar-refractivity contribution in [3.63, 3.8) is 0 Å². The Kier molecular flexibility index (Phi) is 2.28. The molecule has 3 heteroatoms. The zero-order valence-corrected chi connectivity index (χ0v) is 8.49. The van der Waals surface area contributed by atoms with Gasteiger partial charge in [-0.2, -0.15) is 0 Å². The van der Waals surface area contributed by atoms with Crippen molar-refractivity contribution >= 4 is 5.91 Å². The number of nitrogens with zero attached hydrogens (tertiary/aromatic N) is 2. The third-order valence-corrected chi connectivity index (χ3v) is 3.41. The largest absolute Gasteiger partial charge is 0.326 e. The molecule has 1 heterocycles. The zero-order chi connectivity index (χ0) is 9.42. The fourth-order valence-corrected chi connectivity index (χ4v) is 2.42. The first kappa shape index (κ1) is 9.00. The molecule has 2 fully saturated rings. The van der Waals surface area contributed by atoms with E-state index in [0.29, 0.717) is 17.9 Å². The molecule has 2 rings (SSSR count). The van der Waals surface area contributed by atoms with E-state index in [1.54, 1.807) is 0 Å². The molecule has 1 saturated carbocycles. The molecule has 1 aliphatic carbocycles. The lowest BCUT2D eigenvalue weighted by molar-refractivity contribution is -0.136. The van der Waals surface area contributed by atoms with Crippen LogP contribution >= 0.6 is 0 Å². The average Bonchev–Trinajstić information content (AvgIpc) is 2.69. The molecule has 0 N–H and O–H groups in total. The van der Waals surface area contributed by atoms with Crippen molar-refractivity contribution in [3.05, 3.63) is 0 Å². The lowest BCUT2D eigenvalue weighted by Gasteiger charge is -2.30. The highest BCUT2D eigenvalue weighted by Crippen LogP contribution is 2.38. The maximum Gasteiger partial charge on any atom is 0.227 e. The molecule has 1 saturated heterocycles. The van der Waals surface area contributed by atoms with Crippen molar-refractivity contribution in [1.82, 2.24) is 9.80 Å². The van der Waals surface area contributed by atoms with Gasteiger partial charge < -0.3 is 4.90 Å². The van der Waals surface area contributed by atoms with Gasteiger partial charge in [0.05, 0.1) is 6.67 Å². The van der Waals surface area contributed by atoms with Crippen LogP contribution in [-0.2, 0) is 4.79 Å². The normalized spacial score (nSPS) is 32.2. The van der Waals surface area contributed by atoms with E-state index in [1.165, 1.54) is 6.42 Å². The van der Waals surface area contributed by atoms with E-state index in [1.807, 2.05) is 0 Å². The second kappa shape index (κ2) is 3.29. The molecule has 2 atom stereocenters. The molecule has 2 bridgehead atoms. The van der Waals surface area contributed by atoms with Crippen molar-refractivity contribution in [2.75, 3.05) is 20.3 Å². The van der Waals surface area contributed by atoms with Crippen LogP contribution in [0.4, 0.5) is 0 Å². The van der Waals surface area contributed by atoms with Crippen molar-refractivity contribution in [1.29, 1.82) is 0 Å². The Morgan fingerprint density at radius 3 is 2.85 bits per heavy atom. The number of carbonyl (C=O) groups is 1. The molecule has 13 heavy (non-hydrogen) atoms. The Morgan fingerprint density at radius 1 is 1.54 bits per heavy atom. The van der Waals surface area contributed by atoms with Gasteiger partial charge in [-0.3, -0.25) is 9.69 Å². The van der Waals surface area contributed by atoms with Gasteiger partial charge in [-0.15, -0.1) is 0 Å². The lowest BCUT2D eigenvalue weighted by atomic mass is 10.1. The summed E-state index contributed by atoms with van der Waals surface area (Å²) in [7, 11) is 2.07. The molecular formula is C10H18N2O. The van der Waals surface area contributed by atoms with Gasteiger partial charge in [0.25, 0.3) is 0 Å². The first-order valence-electron chi connectivity index (χ1n) is 5.21. The Bertz CT molecular complexity index is 217. The molecule has 2 aliphatic rings. The van der Waals surface area contributed by atoms with Crippen molar-refractivity contribution in [2.45, 2.75) is 32.2 Å². The highest BCUT2D eigenvalue weighted by atomic mass is 16.2. The van der Waals surface area contributed by atoms with E-state index in [-0.39, 0.29) is 0 Å². The van der Waals surface area contributed by atoms with Crippen LogP contribution in [0.3, 0.4) is 0 Å². The minimum Gasteiger partial charge on any atom is -0.326 e. The van der Waals surface area contributed by atoms with E-state index < -0.39 is 0 Å². The number of amides is 1. The van der Waals surface area contributed by atoms with Crippen LogP contribution < -0.4 is 0 Å². The predicted octanol–water partition coefficient (Wildman–Crippen LogP) is 0.906. The molecule has 0 spiro atoms. The molecule has 1 amide bonds. The Labute approximate surface area is 79.7 Å². The number of rotatable bonds is 3. The zero-order valence-electron chi connectivity index (χ0n) is 8.49. The summed E-state index contributed by atoms with van der Waals surface area (Å²) in [4.78, 5) is 16.0. The van der Waals surface area contributed by atoms with E-state index in [2.05, 4.69) is 23.8 Å². The number of likely N-dealkylation sites (tertiary alicyclic amines) is 1. The van der Waals surface area contributed by atoms with Gasteiger partial charge in [-0.1, -0.05) is 6.92 Å². The first-order chi connectivity index (χ1) is 6.22. The molecule has 0 radical (unpaired) electrons. The highest BCUT2D eigenvalue weighted by molar-refractivity contribution is 5.82. The van der Waals surface area contributed by atoms with Crippen LogP contribution in [0.1, 0.15) is 26.2 Å². The van der Waals surface area contributed by atoms with Gasteiger partial charge in [0.15, 0.2) is 0 Å². The number of piperidine rings is 1. The van der Waals surface area contributed by atoms with Crippen LogP contribution in [0.15, 0.2) is 0 Å². The topological polar surface area (TPSA) is 23.6 Å². The standard InChI is InChI=1S/C10H18N2O/c1-3-11(2)7-12-9-5-4-8(6-9)10(12)13/h8-9H,3-7H2,1-2H3. The van der Waals surface area contributed by atoms with Crippen molar-refractivity contribution in [2.24, 2.45) is 5.92 Å². The van der Waals surface area contributed by atoms with Crippen LogP contribution in [0.5, 0.6) is 0 Å². The van der Waals surface area contributed by atoms with Gasteiger partial charge in [0, 0.05) is 12.0 Å². The molecule has 74 valence electrons. The number of carbonyl (C=O) groups excluding carboxylic acids is 1. The van der Waals surface area contributed by atoms with Crippen LogP contribution in [0.25, 0.3) is 0 Å². The third-order valence-electron chi connectivity index (χ3n) is 3.41. The van der Waals surface area contributed by atoms with Crippen LogP contribution in [0.2, 0.25) is 0 Å². The smallest absolute Gasteiger partial charge is 0.227 e. The SMILES string of the molecule is CCN(C)CN1C(=O)C2CCC1C2. The second-order valence-electron chi connectivity index (χ2n) is 4.29. The number of hydrogen-bond acceptors (Lipinski definition) is 2. The summed E-state index contributed by atoms with van der Waals surface area (Å²) in [5.41, 5.74) is 0. The van der Waals surface area contributed by atoms with Crippen molar-refractivity contribution in [3.8, 4) is 0 Å². The Hall–Kier alpha value is -0.570. The van der Waals surface area contributed by atoms with E-state index in [9.17, 15) is 4.79 Å². The number of fused-ring (bicyclic) bond motifs is 2. The van der Waals surface area contributed by atoms with Crippen molar-refractivity contribution < 1.29 is 4.79 Å². The van der Waals surface area contributed by atoms with Gasteiger partial charge >= 0.3 is 0 Å². The summed E-state index contributed by atoms with van der Waals surface area (Å²) in [6.45, 7) is 3.97. The van der Waals surface area contributed by atoms with E-state index >= 15 is 0 Å². The van der Waals surface area contributed by atoms with Crippen LogP contribution in [-0.4, -0.2) is 42.0 Å². The maximum absolute atomic E-state index is 11.7. The van der Waals surface area contributed by atoms with Gasteiger partial charge in [0.2, 0.25) is 5.91 Å². The quantitative estimate of drug-likeness (QED) is 0.647. The predicted molar refractivity (Wildman–Crippen MR) is 51.1 cm³/mol. The molecule has 0 aromatic heterocycles. The average molecular weight is 182 g/mol. The first-order valence-corrected chi connectivity index (χ1v) is 5.21. The minimum atomic E-state index is 0.371. The Balaban J connectivity index is 1.96. The second-order valence-corrected chi connectivity index (χ2v) is 4.29. The molecule has 0 aromatic carbocycles. The summed E-state index contributed by atoms with van der Waals surface area (Å²) in [5, 5.41) is 0. The van der Waals surface area contributed by atoms with Gasteiger partial charge in [0.1, 0.15) is 0 Å². The number of hydrogen-bond donors (Lipinski definition) is 0. The summed E-state index contributed by atoms with van der Waals surface area (Å²) < 4.78 is 0. The van der Waals surface area contributed by atoms with E-state index in [4.69, 9.17) is 0 Å². The fourth-order valence-electron chi connectivity index (χ4n) is 2.42. The fraction of sp³-hybridized carbons (Fsp3) is 0.900. The Morgan fingerprint density at radius 2 is 2.31 bits per heavy atom. The molecule has 2 unspecified atom stereocenters. The summed E-state index contributed by atoms with van der Waals surface area (Å²) in [5.74, 6) is 0.770. The van der Waals surface area contributed by atoms with E-state index in [0.717, 1.165) is 26.1 Å². The van der Waals surface area contributed by atoms with Gasteiger partial charge in [-0.25, -0.2) is 0 Å². The van der Waals surface area contributed by atoms with Gasteiger partial charge in [-0.05, 0) is 32.9 Å². The lowest BCUT2D eigenvalue weighted by Crippen LogP contribution is -2.43. The maximum atomic E-state index is 11.7. The summed E-state index contributed by atoms with van der Waals surface area (Å²) in [6.07, 6.45) is 3.49. The van der Waals surface area contributed by atoms with Crippen LogP contribution in [0, 0.1) is 5.92 Å². The molecule has 1 aliphatic heterocycles. The molecule has 0 aromatic rings. The molecular weight excluding hydrogens is 164 g/mol. The highest BCUT2D eigenvalue weighted by Gasteiger charge is 2.44.